The van der Waals surface area contributed by atoms with Crippen LogP contribution in [0.3, 0.4) is 0 Å². The fraction of sp³-hybridized carbons (Fsp3) is 0.405. The van der Waals surface area contributed by atoms with Crippen molar-refractivity contribution >= 4 is 34.6 Å². The zero-order valence-electron chi connectivity index (χ0n) is 27.3. The van der Waals surface area contributed by atoms with Gasteiger partial charge >= 0.3 is 12.1 Å². The number of carbonyl (C=O) groups is 3. The molecule has 7 rings (SSSR count). The predicted molar refractivity (Wildman–Crippen MR) is 182 cm³/mol. The monoisotopic (exact) mass is 651 g/mol. The second-order valence-electron chi connectivity index (χ2n) is 13.4. The second kappa shape index (κ2) is 13.7. The van der Waals surface area contributed by atoms with Gasteiger partial charge in [-0.1, -0.05) is 36.4 Å². The molecule has 3 aromatic carbocycles. The Kier molecular flexibility index (Phi) is 9.01. The van der Waals surface area contributed by atoms with Gasteiger partial charge in [-0.3, -0.25) is 9.89 Å². The molecule has 1 aromatic heterocycles. The summed E-state index contributed by atoms with van der Waals surface area (Å²) in [4.78, 5) is 46.5. The predicted octanol–water partition coefficient (Wildman–Crippen LogP) is 5.59. The van der Waals surface area contributed by atoms with Crippen LogP contribution in [-0.4, -0.2) is 87.7 Å². The van der Waals surface area contributed by atoms with Gasteiger partial charge in [0.05, 0.1) is 11.7 Å². The highest BCUT2D eigenvalue weighted by atomic mass is 19.1. The first-order valence-electron chi connectivity index (χ1n) is 17.0. The van der Waals surface area contributed by atoms with E-state index in [-0.39, 0.29) is 35.7 Å². The standard InChI is InChI=1S/C37H42FN7O3/c1-24-20-25(21-29-23-39-42-34(24)29)22-33(35(46)43-15-10-27(11-16-43)26-6-8-30(38)9-7-26)41-36(47)44-17-13-31(14-18-44)45-19-12-28-4-2-3-5-32(28)40-37(45)48/h2-9,20-21,23,27,31,33H,10-19,22H2,1H3,(H,39,42)(H,40,48)(H,41,47). The van der Waals surface area contributed by atoms with Gasteiger partial charge in [-0.25, -0.2) is 14.0 Å². The highest BCUT2D eigenvalue weighted by molar-refractivity contribution is 5.91. The third-order valence-electron chi connectivity index (χ3n) is 10.3. The van der Waals surface area contributed by atoms with E-state index < -0.39 is 6.04 Å². The number of carbonyl (C=O) groups excluding carboxylic acids is 3. The number of aromatic amines is 1. The summed E-state index contributed by atoms with van der Waals surface area (Å²) in [5, 5.41) is 14.3. The molecule has 3 aliphatic heterocycles. The highest BCUT2D eigenvalue weighted by Crippen LogP contribution is 2.29. The quantitative estimate of drug-likeness (QED) is 0.252. The minimum atomic E-state index is -0.740. The molecule has 3 N–H and O–H groups in total. The summed E-state index contributed by atoms with van der Waals surface area (Å²) >= 11 is 0. The number of fused-ring (bicyclic) bond motifs is 2. The summed E-state index contributed by atoms with van der Waals surface area (Å²) in [6, 6.07) is 17.5. The summed E-state index contributed by atoms with van der Waals surface area (Å²) in [6.45, 7) is 4.77. The highest BCUT2D eigenvalue weighted by Gasteiger charge is 2.34. The van der Waals surface area contributed by atoms with Crippen molar-refractivity contribution in [3.63, 3.8) is 0 Å². The molecule has 1 unspecified atom stereocenters. The number of amides is 5. The average Bonchev–Trinajstić information content (AvgIpc) is 3.52. The topological polar surface area (TPSA) is 114 Å². The number of H-pyrrole nitrogens is 1. The zero-order chi connectivity index (χ0) is 33.2. The number of hydrogen-bond donors (Lipinski definition) is 3. The van der Waals surface area contributed by atoms with E-state index in [1.807, 2.05) is 65.3 Å². The first-order chi connectivity index (χ1) is 23.3. The van der Waals surface area contributed by atoms with Gasteiger partial charge in [-0.15, -0.1) is 0 Å². The van der Waals surface area contributed by atoms with E-state index in [4.69, 9.17) is 0 Å². The number of likely N-dealkylation sites (tertiary alicyclic amines) is 2. The lowest BCUT2D eigenvalue weighted by atomic mass is 9.89. The van der Waals surface area contributed by atoms with Gasteiger partial charge in [-0.05, 0) is 91.5 Å². The molecule has 0 spiro atoms. The first kappa shape index (κ1) is 31.7. The number of nitrogens with one attached hydrogen (secondary N) is 3. The Morgan fingerprint density at radius 2 is 1.69 bits per heavy atom. The van der Waals surface area contributed by atoms with Crippen molar-refractivity contribution in [1.29, 1.82) is 0 Å². The molecule has 48 heavy (non-hydrogen) atoms. The molecule has 2 saturated heterocycles. The molecule has 0 radical (unpaired) electrons. The van der Waals surface area contributed by atoms with E-state index in [0.717, 1.165) is 58.1 Å². The smallest absolute Gasteiger partial charge is 0.322 e. The number of hydrogen-bond acceptors (Lipinski definition) is 4. The van der Waals surface area contributed by atoms with Crippen LogP contribution in [0, 0.1) is 12.7 Å². The molecular weight excluding hydrogens is 609 g/mol. The number of nitrogens with zero attached hydrogens (tertiary/aromatic N) is 4. The molecule has 250 valence electrons. The minimum Gasteiger partial charge on any atom is -0.341 e. The molecular formula is C37H42FN7O3. The number of halogens is 1. The number of rotatable bonds is 6. The van der Waals surface area contributed by atoms with Crippen LogP contribution in [0.5, 0.6) is 0 Å². The summed E-state index contributed by atoms with van der Waals surface area (Å²) in [5.74, 6) is -0.0893. The molecule has 11 heteroatoms. The fourth-order valence-corrected chi connectivity index (χ4v) is 7.61. The third-order valence-corrected chi connectivity index (χ3v) is 10.3. The van der Waals surface area contributed by atoms with Crippen molar-refractivity contribution in [2.24, 2.45) is 0 Å². The number of para-hydroxylation sites is 1. The van der Waals surface area contributed by atoms with Gasteiger partial charge in [0.2, 0.25) is 5.91 Å². The van der Waals surface area contributed by atoms with Crippen LogP contribution in [0.15, 0.2) is 66.9 Å². The van der Waals surface area contributed by atoms with Gasteiger partial charge in [0.15, 0.2) is 0 Å². The maximum Gasteiger partial charge on any atom is 0.322 e. The fourth-order valence-electron chi connectivity index (χ4n) is 7.61. The second-order valence-corrected chi connectivity index (χ2v) is 13.4. The summed E-state index contributed by atoms with van der Waals surface area (Å²) in [5.41, 5.74) is 6.01. The Hall–Kier alpha value is -4.93. The molecule has 0 aliphatic carbocycles. The molecule has 5 amide bonds. The zero-order valence-corrected chi connectivity index (χ0v) is 27.3. The Morgan fingerprint density at radius 3 is 2.46 bits per heavy atom. The van der Waals surface area contributed by atoms with Gasteiger partial charge in [0.1, 0.15) is 11.9 Å². The van der Waals surface area contributed by atoms with Gasteiger partial charge in [0.25, 0.3) is 0 Å². The normalized spacial score (nSPS) is 18.3. The summed E-state index contributed by atoms with van der Waals surface area (Å²) in [6.07, 6.45) is 5.81. The number of urea groups is 2. The Labute approximate surface area is 279 Å². The SMILES string of the molecule is Cc1cc(CC(NC(=O)N2CCC(N3CCc4ccccc4NC3=O)CC2)C(=O)N2CCC(c3ccc(F)cc3)CC2)cc2cn[nH]c12. The van der Waals surface area contributed by atoms with Crippen LogP contribution >= 0.6 is 0 Å². The van der Waals surface area contributed by atoms with Crippen LogP contribution in [0.4, 0.5) is 19.7 Å². The number of aromatic nitrogens is 2. The number of benzene rings is 3. The van der Waals surface area contributed by atoms with Crippen molar-refractivity contribution < 1.29 is 18.8 Å². The Bertz CT molecular complexity index is 1790. The van der Waals surface area contributed by atoms with E-state index in [1.54, 1.807) is 11.1 Å². The lowest BCUT2D eigenvalue weighted by molar-refractivity contribution is -0.134. The summed E-state index contributed by atoms with van der Waals surface area (Å²) < 4.78 is 13.5. The first-order valence-corrected chi connectivity index (χ1v) is 17.0. The van der Waals surface area contributed by atoms with E-state index in [9.17, 15) is 18.8 Å². The number of piperidine rings is 2. The molecule has 4 aromatic rings. The van der Waals surface area contributed by atoms with Crippen molar-refractivity contribution in [3.05, 3.63) is 94.9 Å². The van der Waals surface area contributed by atoms with Crippen LogP contribution in [0.25, 0.3) is 10.9 Å². The maximum absolute atomic E-state index is 14.1. The van der Waals surface area contributed by atoms with E-state index in [0.29, 0.717) is 52.0 Å². The molecule has 10 nitrogen and oxygen atoms in total. The van der Waals surface area contributed by atoms with Gasteiger partial charge in [-0.2, -0.15) is 5.10 Å². The van der Waals surface area contributed by atoms with Crippen LogP contribution in [0.2, 0.25) is 0 Å². The molecule has 4 heterocycles. The van der Waals surface area contributed by atoms with Crippen molar-refractivity contribution in [2.45, 2.75) is 63.5 Å². The van der Waals surface area contributed by atoms with E-state index >= 15 is 0 Å². The number of aryl methyl sites for hydroxylation is 1. The van der Waals surface area contributed by atoms with Crippen LogP contribution < -0.4 is 10.6 Å². The van der Waals surface area contributed by atoms with Crippen LogP contribution in [-0.2, 0) is 17.6 Å². The minimum absolute atomic E-state index is 0.0351. The number of anilines is 1. The lowest BCUT2D eigenvalue weighted by Gasteiger charge is -2.39. The van der Waals surface area contributed by atoms with Crippen molar-refractivity contribution in [1.82, 2.24) is 30.2 Å². The van der Waals surface area contributed by atoms with Gasteiger partial charge < -0.3 is 25.3 Å². The molecule has 2 fully saturated rings. The average molecular weight is 652 g/mol. The molecule has 3 aliphatic rings. The maximum atomic E-state index is 14.1. The molecule has 0 bridgehead atoms. The van der Waals surface area contributed by atoms with Crippen LogP contribution in [0.1, 0.15) is 53.9 Å². The largest absolute Gasteiger partial charge is 0.341 e. The Morgan fingerprint density at radius 1 is 0.958 bits per heavy atom. The van der Waals surface area contributed by atoms with Gasteiger partial charge in [0, 0.05) is 56.3 Å². The van der Waals surface area contributed by atoms with E-state index in [2.05, 4.69) is 20.8 Å². The lowest BCUT2D eigenvalue weighted by Crippen LogP contribution is -2.56. The Balaban J connectivity index is 1.01. The molecule has 1 atom stereocenters. The van der Waals surface area contributed by atoms with E-state index in [1.165, 1.54) is 12.1 Å². The third kappa shape index (κ3) is 6.72. The molecule has 0 saturated carbocycles. The van der Waals surface area contributed by atoms with Crippen molar-refractivity contribution in [2.75, 3.05) is 38.0 Å². The van der Waals surface area contributed by atoms with Crippen molar-refractivity contribution in [3.8, 4) is 0 Å². The summed E-state index contributed by atoms with van der Waals surface area (Å²) in [7, 11) is 0.